The zero-order valence-electron chi connectivity index (χ0n) is 6.02. The first-order valence-electron chi connectivity index (χ1n) is 3.55. The minimum atomic E-state index is -0.604. The molecule has 60 valence electrons. The lowest BCUT2D eigenvalue weighted by Crippen LogP contribution is -2.28. The third kappa shape index (κ3) is 2.03. The summed E-state index contributed by atoms with van der Waals surface area (Å²) in [4.78, 5) is 0. The summed E-state index contributed by atoms with van der Waals surface area (Å²) in [6.07, 6.45) is 3.54. The van der Waals surface area contributed by atoms with Crippen LogP contribution in [0.15, 0.2) is 0 Å². The summed E-state index contributed by atoms with van der Waals surface area (Å²) < 4.78 is 12.7. The largest absolute Gasteiger partial charge is 0.247 e. The Bertz CT molecular complexity index is 110. The van der Waals surface area contributed by atoms with Crippen LogP contribution >= 0.6 is 23.4 Å². The molecule has 1 aliphatic carbocycles. The number of alkyl halides is 2. The predicted octanol–water partition coefficient (Wildman–Crippen LogP) is 2.85. The summed E-state index contributed by atoms with van der Waals surface area (Å²) in [5.41, 5.74) is 0. The van der Waals surface area contributed by atoms with Crippen molar-refractivity contribution in [2.24, 2.45) is 0 Å². The highest BCUT2D eigenvalue weighted by Gasteiger charge is 2.28. The highest BCUT2D eigenvalue weighted by Crippen LogP contribution is 2.32. The van der Waals surface area contributed by atoms with Gasteiger partial charge in [0.2, 0.25) is 0 Å². The molecule has 0 saturated heterocycles. The van der Waals surface area contributed by atoms with Gasteiger partial charge in [0, 0.05) is 10.6 Å². The molecule has 0 bridgehead atoms. The minimum Gasteiger partial charge on any atom is -0.247 e. The maximum absolute atomic E-state index is 12.7. The molecule has 10 heavy (non-hydrogen) atoms. The van der Waals surface area contributed by atoms with Crippen LogP contribution in [0.25, 0.3) is 0 Å². The molecule has 0 N–H and O–H groups in total. The van der Waals surface area contributed by atoms with E-state index in [0.717, 1.165) is 6.42 Å². The zero-order chi connectivity index (χ0) is 7.56. The van der Waals surface area contributed by atoms with E-state index in [0.29, 0.717) is 18.1 Å². The highest BCUT2D eigenvalue weighted by molar-refractivity contribution is 7.99. The van der Waals surface area contributed by atoms with Gasteiger partial charge in [-0.2, -0.15) is 11.8 Å². The Morgan fingerprint density at radius 2 is 2.20 bits per heavy atom. The van der Waals surface area contributed by atoms with Crippen molar-refractivity contribution in [3.05, 3.63) is 0 Å². The maximum atomic E-state index is 12.7. The molecule has 0 aliphatic heterocycles. The van der Waals surface area contributed by atoms with Crippen LogP contribution < -0.4 is 0 Å². The number of halogens is 2. The van der Waals surface area contributed by atoms with E-state index in [9.17, 15) is 4.39 Å². The van der Waals surface area contributed by atoms with Gasteiger partial charge >= 0.3 is 0 Å². The average Bonchev–Trinajstić information content (AvgIpc) is 1.94. The van der Waals surface area contributed by atoms with Crippen molar-refractivity contribution in [3.63, 3.8) is 0 Å². The lowest BCUT2D eigenvalue weighted by Gasteiger charge is -2.27. The minimum absolute atomic E-state index is 0.196. The second kappa shape index (κ2) is 3.82. The van der Waals surface area contributed by atoms with E-state index in [1.165, 1.54) is 0 Å². The second-order valence-electron chi connectivity index (χ2n) is 2.70. The Labute approximate surface area is 70.5 Å². The fourth-order valence-corrected chi connectivity index (χ4v) is 2.66. The fourth-order valence-electron chi connectivity index (χ4n) is 1.29. The van der Waals surface area contributed by atoms with E-state index in [-0.39, 0.29) is 5.38 Å². The zero-order valence-corrected chi connectivity index (χ0v) is 7.59. The molecule has 1 saturated carbocycles. The van der Waals surface area contributed by atoms with E-state index in [1.54, 1.807) is 11.8 Å². The smallest absolute Gasteiger partial charge is 0.101 e. The van der Waals surface area contributed by atoms with E-state index in [4.69, 9.17) is 11.6 Å². The van der Waals surface area contributed by atoms with Gasteiger partial charge in [0.1, 0.15) is 6.17 Å². The first-order valence-corrected chi connectivity index (χ1v) is 5.27. The molecule has 1 fully saturated rings. The number of thioether (sulfide) groups is 1. The molecule has 3 atom stereocenters. The van der Waals surface area contributed by atoms with Crippen molar-refractivity contribution < 1.29 is 4.39 Å². The molecule has 0 aromatic heterocycles. The van der Waals surface area contributed by atoms with Crippen molar-refractivity contribution >= 4 is 23.4 Å². The molecule has 0 radical (unpaired) electrons. The summed E-state index contributed by atoms with van der Waals surface area (Å²) >= 11 is 7.65. The predicted molar refractivity (Wildman–Crippen MR) is 45.7 cm³/mol. The molecule has 0 spiro atoms. The summed E-state index contributed by atoms with van der Waals surface area (Å²) in [7, 11) is 0. The third-order valence-electron chi connectivity index (χ3n) is 1.95. The Morgan fingerprint density at radius 1 is 1.50 bits per heavy atom. The van der Waals surface area contributed by atoms with Crippen LogP contribution in [0.4, 0.5) is 4.39 Å². The standard InChI is InChI=1S/C7H12ClFS/c1-10-7-4-5(9)2-3-6(7)8/h5-7H,2-4H2,1H3. The van der Waals surface area contributed by atoms with Gasteiger partial charge in [-0.25, -0.2) is 4.39 Å². The number of hydrogen-bond donors (Lipinski definition) is 0. The maximum Gasteiger partial charge on any atom is 0.101 e. The molecule has 3 heteroatoms. The van der Waals surface area contributed by atoms with E-state index in [1.807, 2.05) is 6.26 Å². The molecule has 1 rings (SSSR count). The fraction of sp³-hybridized carbons (Fsp3) is 1.00. The molecule has 1 aliphatic rings. The second-order valence-corrected chi connectivity index (χ2v) is 4.34. The van der Waals surface area contributed by atoms with Crippen molar-refractivity contribution in [1.82, 2.24) is 0 Å². The molecule has 0 aromatic carbocycles. The van der Waals surface area contributed by atoms with Gasteiger partial charge in [0.25, 0.3) is 0 Å². The van der Waals surface area contributed by atoms with E-state index >= 15 is 0 Å². The quantitative estimate of drug-likeness (QED) is 0.562. The number of hydrogen-bond acceptors (Lipinski definition) is 1. The molecule has 0 amide bonds. The van der Waals surface area contributed by atoms with Gasteiger partial charge in [0.15, 0.2) is 0 Å². The summed E-state index contributed by atoms with van der Waals surface area (Å²) in [5.74, 6) is 0. The van der Waals surface area contributed by atoms with Gasteiger partial charge in [-0.05, 0) is 25.5 Å². The van der Waals surface area contributed by atoms with Crippen LogP contribution in [0.1, 0.15) is 19.3 Å². The number of rotatable bonds is 1. The molecule has 0 nitrogen and oxygen atoms in total. The van der Waals surface area contributed by atoms with Crippen molar-refractivity contribution in [2.45, 2.75) is 36.1 Å². The lowest BCUT2D eigenvalue weighted by molar-refractivity contribution is 0.258. The van der Waals surface area contributed by atoms with Crippen molar-refractivity contribution in [3.8, 4) is 0 Å². The van der Waals surface area contributed by atoms with Gasteiger partial charge in [-0.1, -0.05) is 0 Å². The van der Waals surface area contributed by atoms with Gasteiger partial charge in [-0.3, -0.25) is 0 Å². The SMILES string of the molecule is CSC1CC(F)CCC1Cl. The molecular formula is C7H12ClFS. The molecule has 3 unspecified atom stereocenters. The Balaban J connectivity index is 2.38. The van der Waals surface area contributed by atoms with Gasteiger partial charge < -0.3 is 0 Å². The first-order chi connectivity index (χ1) is 4.74. The topological polar surface area (TPSA) is 0 Å². The van der Waals surface area contributed by atoms with Crippen LogP contribution in [0, 0.1) is 0 Å². The highest BCUT2D eigenvalue weighted by atomic mass is 35.5. The Hall–Kier alpha value is 0.570. The first kappa shape index (κ1) is 8.66. The van der Waals surface area contributed by atoms with Crippen molar-refractivity contribution in [2.75, 3.05) is 6.26 Å². The Kier molecular flexibility index (Phi) is 3.31. The van der Waals surface area contributed by atoms with Gasteiger partial charge in [0.05, 0.1) is 0 Å². The van der Waals surface area contributed by atoms with Crippen LogP contribution in [0.3, 0.4) is 0 Å². The normalized spacial score (nSPS) is 41.7. The van der Waals surface area contributed by atoms with Crippen LogP contribution in [-0.2, 0) is 0 Å². The lowest BCUT2D eigenvalue weighted by atomic mass is 9.98. The molecule has 0 aromatic rings. The van der Waals surface area contributed by atoms with E-state index < -0.39 is 6.17 Å². The summed E-state index contributed by atoms with van der Waals surface area (Å²) in [5, 5.41) is 0.535. The third-order valence-corrected chi connectivity index (χ3v) is 3.75. The molecular weight excluding hydrogens is 171 g/mol. The monoisotopic (exact) mass is 182 g/mol. The Morgan fingerprint density at radius 3 is 2.70 bits per heavy atom. The average molecular weight is 183 g/mol. The van der Waals surface area contributed by atoms with Gasteiger partial charge in [-0.15, -0.1) is 11.6 Å². The van der Waals surface area contributed by atoms with Crippen LogP contribution in [0.2, 0.25) is 0 Å². The summed E-state index contributed by atoms with van der Waals surface area (Å²) in [6.45, 7) is 0. The summed E-state index contributed by atoms with van der Waals surface area (Å²) in [6, 6.07) is 0. The van der Waals surface area contributed by atoms with E-state index in [2.05, 4.69) is 0 Å². The van der Waals surface area contributed by atoms with Crippen molar-refractivity contribution in [1.29, 1.82) is 0 Å². The molecule has 0 heterocycles. The van der Waals surface area contributed by atoms with Crippen LogP contribution in [-0.4, -0.2) is 23.1 Å². The van der Waals surface area contributed by atoms with Crippen LogP contribution in [0.5, 0.6) is 0 Å².